The lowest BCUT2D eigenvalue weighted by molar-refractivity contribution is -0.135. The highest BCUT2D eigenvalue weighted by Gasteiger charge is 2.27. The molecule has 0 atom stereocenters. The van der Waals surface area contributed by atoms with E-state index in [-0.39, 0.29) is 11.8 Å². The normalized spacial score (nSPS) is 26.8. The van der Waals surface area contributed by atoms with Crippen LogP contribution in [0.2, 0.25) is 0 Å². The van der Waals surface area contributed by atoms with E-state index in [1.165, 1.54) is 12.8 Å². The molecule has 22 heavy (non-hydrogen) atoms. The van der Waals surface area contributed by atoms with Gasteiger partial charge in [-0.15, -0.1) is 0 Å². The van der Waals surface area contributed by atoms with E-state index >= 15 is 0 Å². The first-order valence-electron chi connectivity index (χ1n) is 8.98. The van der Waals surface area contributed by atoms with Crippen LogP contribution in [0.1, 0.15) is 58.8 Å². The topological polar surface area (TPSA) is 40.6 Å². The average molecular weight is 308 g/mol. The maximum atomic E-state index is 12.5. The standard InChI is InChI=1S/C18H32N2O2/c1-14-4-6-17(7-5-14)18(22)19(3)11-8-16-9-12-20(13-10-16)15(2)21/h14,16-17H,4-13H2,1-3H3. The Morgan fingerprint density at radius 1 is 1.05 bits per heavy atom. The molecule has 2 fully saturated rings. The SMILES string of the molecule is CC(=O)N1CCC(CCN(C)C(=O)C2CCC(C)CC2)CC1. The lowest BCUT2D eigenvalue weighted by Crippen LogP contribution is -2.39. The van der Waals surface area contributed by atoms with Crippen LogP contribution in [-0.2, 0) is 9.59 Å². The number of amides is 2. The fraction of sp³-hybridized carbons (Fsp3) is 0.889. The van der Waals surface area contributed by atoms with E-state index < -0.39 is 0 Å². The summed E-state index contributed by atoms with van der Waals surface area (Å²) in [6.45, 7) is 6.58. The van der Waals surface area contributed by atoms with Gasteiger partial charge in [0.2, 0.25) is 11.8 Å². The summed E-state index contributed by atoms with van der Waals surface area (Å²) in [5, 5.41) is 0. The van der Waals surface area contributed by atoms with Gasteiger partial charge in [0.05, 0.1) is 0 Å². The molecule has 1 heterocycles. The first kappa shape index (κ1) is 17.3. The van der Waals surface area contributed by atoms with Crippen molar-refractivity contribution >= 4 is 11.8 Å². The highest BCUT2D eigenvalue weighted by molar-refractivity contribution is 5.78. The predicted molar refractivity (Wildman–Crippen MR) is 88.4 cm³/mol. The number of rotatable bonds is 4. The van der Waals surface area contributed by atoms with Crippen LogP contribution in [-0.4, -0.2) is 48.3 Å². The van der Waals surface area contributed by atoms with Gasteiger partial charge in [-0.2, -0.15) is 0 Å². The molecule has 1 saturated heterocycles. The third-order valence-corrected chi connectivity index (χ3v) is 5.67. The molecule has 1 aliphatic carbocycles. The molecular weight excluding hydrogens is 276 g/mol. The number of piperidine rings is 1. The molecule has 0 bridgehead atoms. The van der Waals surface area contributed by atoms with Crippen molar-refractivity contribution in [3.8, 4) is 0 Å². The zero-order valence-corrected chi connectivity index (χ0v) is 14.5. The maximum Gasteiger partial charge on any atom is 0.225 e. The maximum absolute atomic E-state index is 12.5. The van der Waals surface area contributed by atoms with Gasteiger partial charge in [0.15, 0.2) is 0 Å². The summed E-state index contributed by atoms with van der Waals surface area (Å²) in [5.41, 5.74) is 0. The molecule has 0 aromatic heterocycles. The quantitative estimate of drug-likeness (QED) is 0.801. The zero-order chi connectivity index (χ0) is 16.1. The van der Waals surface area contributed by atoms with Crippen LogP contribution in [0.25, 0.3) is 0 Å². The molecule has 4 nitrogen and oxygen atoms in total. The van der Waals surface area contributed by atoms with Crippen LogP contribution in [0, 0.1) is 17.8 Å². The zero-order valence-electron chi connectivity index (χ0n) is 14.5. The molecule has 2 aliphatic rings. The molecule has 1 saturated carbocycles. The minimum Gasteiger partial charge on any atom is -0.346 e. The van der Waals surface area contributed by atoms with Gasteiger partial charge in [-0.05, 0) is 56.8 Å². The summed E-state index contributed by atoms with van der Waals surface area (Å²) in [6, 6.07) is 0. The van der Waals surface area contributed by atoms with Crippen molar-refractivity contribution in [2.75, 3.05) is 26.7 Å². The van der Waals surface area contributed by atoms with E-state index in [9.17, 15) is 9.59 Å². The second-order valence-electron chi connectivity index (χ2n) is 7.45. The first-order chi connectivity index (χ1) is 10.5. The lowest BCUT2D eigenvalue weighted by atomic mass is 9.82. The van der Waals surface area contributed by atoms with Gasteiger partial charge in [-0.25, -0.2) is 0 Å². The fourth-order valence-corrected chi connectivity index (χ4v) is 3.84. The van der Waals surface area contributed by atoms with E-state index in [2.05, 4.69) is 6.92 Å². The van der Waals surface area contributed by atoms with Crippen molar-refractivity contribution in [2.24, 2.45) is 17.8 Å². The van der Waals surface area contributed by atoms with E-state index in [1.807, 2.05) is 16.8 Å². The van der Waals surface area contributed by atoms with E-state index in [0.29, 0.717) is 11.8 Å². The van der Waals surface area contributed by atoms with Crippen molar-refractivity contribution in [2.45, 2.75) is 58.8 Å². The second kappa shape index (κ2) is 7.98. The molecule has 2 amide bonds. The summed E-state index contributed by atoms with van der Waals surface area (Å²) >= 11 is 0. The molecule has 0 spiro atoms. The van der Waals surface area contributed by atoms with Crippen molar-refractivity contribution in [1.82, 2.24) is 9.80 Å². The molecule has 0 unspecified atom stereocenters. The monoisotopic (exact) mass is 308 g/mol. The number of nitrogens with zero attached hydrogens (tertiary/aromatic N) is 2. The smallest absolute Gasteiger partial charge is 0.225 e. The van der Waals surface area contributed by atoms with Crippen molar-refractivity contribution in [3.63, 3.8) is 0 Å². The first-order valence-corrected chi connectivity index (χ1v) is 8.98. The molecule has 0 aromatic carbocycles. The van der Waals surface area contributed by atoms with E-state index in [0.717, 1.165) is 57.7 Å². The summed E-state index contributed by atoms with van der Waals surface area (Å²) < 4.78 is 0. The van der Waals surface area contributed by atoms with Gasteiger partial charge in [0, 0.05) is 39.5 Å². The second-order valence-corrected chi connectivity index (χ2v) is 7.45. The van der Waals surface area contributed by atoms with Gasteiger partial charge < -0.3 is 9.80 Å². The molecule has 126 valence electrons. The van der Waals surface area contributed by atoms with Crippen LogP contribution in [0.15, 0.2) is 0 Å². The Morgan fingerprint density at radius 3 is 2.18 bits per heavy atom. The van der Waals surface area contributed by atoms with Crippen LogP contribution < -0.4 is 0 Å². The Kier molecular flexibility index (Phi) is 6.27. The number of likely N-dealkylation sites (tertiary alicyclic amines) is 1. The van der Waals surface area contributed by atoms with Crippen LogP contribution in [0.5, 0.6) is 0 Å². The Balaban J connectivity index is 1.68. The molecule has 1 aliphatic heterocycles. The highest BCUT2D eigenvalue weighted by Crippen LogP contribution is 2.29. The average Bonchev–Trinajstić information content (AvgIpc) is 2.53. The number of hydrogen-bond acceptors (Lipinski definition) is 2. The van der Waals surface area contributed by atoms with Crippen LogP contribution in [0.3, 0.4) is 0 Å². The molecular formula is C18H32N2O2. The summed E-state index contributed by atoms with van der Waals surface area (Å²) in [5.74, 6) is 2.27. The van der Waals surface area contributed by atoms with Gasteiger partial charge in [0.1, 0.15) is 0 Å². The van der Waals surface area contributed by atoms with Gasteiger partial charge in [-0.3, -0.25) is 9.59 Å². The minimum absolute atomic E-state index is 0.192. The lowest BCUT2D eigenvalue weighted by Gasteiger charge is -2.33. The van der Waals surface area contributed by atoms with Gasteiger partial charge in [-0.1, -0.05) is 6.92 Å². The number of hydrogen-bond donors (Lipinski definition) is 0. The molecule has 2 rings (SSSR count). The van der Waals surface area contributed by atoms with Crippen LogP contribution >= 0.6 is 0 Å². The van der Waals surface area contributed by atoms with Crippen molar-refractivity contribution < 1.29 is 9.59 Å². The Labute approximate surface area is 135 Å². The molecule has 0 radical (unpaired) electrons. The largest absolute Gasteiger partial charge is 0.346 e. The van der Waals surface area contributed by atoms with E-state index in [1.54, 1.807) is 6.92 Å². The third-order valence-electron chi connectivity index (χ3n) is 5.67. The van der Waals surface area contributed by atoms with E-state index in [4.69, 9.17) is 0 Å². The minimum atomic E-state index is 0.192. The summed E-state index contributed by atoms with van der Waals surface area (Å²) in [7, 11) is 1.96. The Morgan fingerprint density at radius 2 is 1.64 bits per heavy atom. The van der Waals surface area contributed by atoms with Crippen molar-refractivity contribution in [3.05, 3.63) is 0 Å². The number of carbonyl (C=O) groups excluding carboxylic acids is 2. The fourth-order valence-electron chi connectivity index (χ4n) is 3.84. The summed E-state index contributed by atoms with van der Waals surface area (Å²) in [4.78, 5) is 27.7. The Bertz CT molecular complexity index is 381. The predicted octanol–water partition coefficient (Wildman–Crippen LogP) is 2.92. The molecule has 0 N–H and O–H groups in total. The highest BCUT2D eigenvalue weighted by atomic mass is 16.2. The van der Waals surface area contributed by atoms with Gasteiger partial charge >= 0.3 is 0 Å². The Hall–Kier alpha value is -1.06. The number of carbonyl (C=O) groups is 2. The summed E-state index contributed by atoms with van der Waals surface area (Å²) in [6.07, 6.45) is 7.80. The van der Waals surface area contributed by atoms with Crippen LogP contribution in [0.4, 0.5) is 0 Å². The van der Waals surface area contributed by atoms with Crippen molar-refractivity contribution in [1.29, 1.82) is 0 Å². The third kappa shape index (κ3) is 4.72. The molecule has 4 heteroatoms. The van der Waals surface area contributed by atoms with Gasteiger partial charge in [0.25, 0.3) is 0 Å². The molecule has 0 aromatic rings.